The molecule has 2 atom stereocenters. The maximum Gasteiger partial charge on any atom is -0.00205 e. The first kappa shape index (κ1) is 12.0. The second kappa shape index (κ2) is 3.50. The molecule has 0 spiro atoms. The van der Waals surface area contributed by atoms with Gasteiger partial charge in [0.1, 0.15) is 0 Å². The molecule has 98 valence electrons. The van der Waals surface area contributed by atoms with E-state index >= 15 is 0 Å². The van der Waals surface area contributed by atoms with Crippen LogP contribution in [0, 0.1) is 28.1 Å². The van der Waals surface area contributed by atoms with Gasteiger partial charge in [0.15, 0.2) is 0 Å². The molecule has 0 radical (unpaired) electrons. The Morgan fingerprint density at radius 2 is 1.71 bits per heavy atom. The Bertz CT molecular complexity index is 303. The molecule has 0 aliphatic heterocycles. The summed E-state index contributed by atoms with van der Waals surface area (Å²) in [6, 6.07) is 0. The first-order chi connectivity index (χ1) is 7.94. The molecule has 1 heteroatoms. The highest BCUT2D eigenvalue weighted by Crippen LogP contribution is 2.70. The lowest BCUT2D eigenvalue weighted by atomic mass is 9.39. The van der Waals surface area contributed by atoms with E-state index in [9.17, 15) is 0 Å². The zero-order valence-corrected chi connectivity index (χ0v) is 11.9. The van der Waals surface area contributed by atoms with Crippen molar-refractivity contribution in [2.24, 2.45) is 33.8 Å². The second-order valence-electron chi connectivity index (χ2n) is 8.18. The Hall–Kier alpha value is -0.0400. The van der Waals surface area contributed by atoms with Gasteiger partial charge in [-0.1, -0.05) is 27.2 Å². The summed E-state index contributed by atoms with van der Waals surface area (Å²) in [5, 5.41) is 0. The van der Waals surface area contributed by atoms with Crippen molar-refractivity contribution in [2.45, 2.75) is 65.7 Å². The highest BCUT2D eigenvalue weighted by molar-refractivity contribution is 5.11. The number of hydrogen-bond donors (Lipinski definition) is 1. The first-order valence-electron chi connectivity index (χ1n) is 7.64. The number of rotatable bonds is 3. The molecule has 17 heavy (non-hydrogen) atoms. The molecule has 4 fully saturated rings. The van der Waals surface area contributed by atoms with Crippen LogP contribution in [0.5, 0.6) is 0 Å². The van der Waals surface area contributed by atoms with E-state index in [2.05, 4.69) is 20.8 Å². The predicted octanol–water partition coefficient (Wildman–Crippen LogP) is 3.97. The van der Waals surface area contributed by atoms with Gasteiger partial charge >= 0.3 is 0 Å². The van der Waals surface area contributed by atoms with Gasteiger partial charge in [-0.25, -0.2) is 0 Å². The van der Waals surface area contributed by atoms with Crippen LogP contribution in [0.1, 0.15) is 65.7 Å². The Kier molecular flexibility index (Phi) is 2.47. The molecular weight excluding hydrogens is 206 g/mol. The molecule has 0 aromatic heterocycles. The zero-order chi connectivity index (χ0) is 12.3. The number of nitrogens with two attached hydrogens (primary N) is 1. The van der Waals surface area contributed by atoms with Crippen LogP contribution in [-0.2, 0) is 0 Å². The van der Waals surface area contributed by atoms with E-state index in [1.807, 2.05) is 0 Å². The van der Waals surface area contributed by atoms with E-state index in [1.165, 1.54) is 44.9 Å². The molecule has 4 saturated carbocycles. The van der Waals surface area contributed by atoms with Crippen molar-refractivity contribution in [3.05, 3.63) is 0 Å². The van der Waals surface area contributed by atoms with E-state index in [-0.39, 0.29) is 0 Å². The van der Waals surface area contributed by atoms with Crippen molar-refractivity contribution in [2.75, 3.05) is 6.54 Å². The maximum atomic E-state index is 6.11. The minimum Gasteiger partial charge on any atom is -0.330 e. The van der Waals surface area contributed by atoms with Crippen LogP contribution in [0.25, 0.3) is 0 Å². The zero-order valence-electron chi connectivity index (χ0n) is 11.9. The Morgan fingerprint density at radius 3 is 2.18 bits per heavy atom. The van der Waals surface area contributed by atoms with Gasteiger partial charge in [-0.15, -0.1) is 0 Å². The van der Waals surface area contributed by atoms with Crippen LogP contribution >= 0.6 is 0 Å². The van der Waals surface area contributed by atoms with Gasteiger partial charge < -0.3 is 5.73 Å². The van der Waals surface area contributed by atoms with Gasteiger partial charge in [-0.05, 0) is 73.2 Å². The summed E-state index contributed by atoms with van der Waals surface area (Å²) >= 11 is 0. The second-order valence-corrected chi connectivity index (χ2v) is 8.18. The molecule has 0 heterocycles. The van der Waals surface area contributed by atoms with E-state index in [0.717, 1.165) is 18.4 Å². The fourth-order valence-corrected chi connectivity index (χ4v) is 5.87. The average Bonchev–Trinajstić information content (AvgIpc) is 2.27. The highest BCUT2D eigenvalue weighted by Gasteiger charge is 2.60. The monoisotopic (exact) mass is 235 g/mol. The predicted molar refractivity (Wildman–Crippen MR) is 72.7 cm³/mol. The third kappa shape index (κ3) is 1.54. The fraction of sp³-hybridized carbons (Fsp3) is 1.00. The molecule has 4 aliphatic rings. The van der Waals surface area contributed by atoms with Crippen molar-refractivity contribution >= 4 is 0 Å². The lowest BCUT2D eigenvalue weighted by Crippen LogP contribution is -2.58. The molecule has 2 unspecified atom stereocenters. The molecule has 0 aromatic rings. The minimum absolute atomic E-state index is 0.352. The van der Waals surface area contributed by atoms with Gasteiger partial charge in [0.2, 0.25) is 0 Å². The van der Waals surface area contributed by atoms with Crippen LogP contribution < -0.4 is 5.73 Å². The van der Waals surface area contributed by atoms with Crippen LogP contribution in [0.3, 0.4) is 0 Å². The molecule has 4 rings (SSSR count). The van der Waals surface area contributed by atoms with Gasteiger partial charge in [0.05, 0.1) is 0 Å². The summed E-state index contributed by atoms with van der Waals surface area (Å²) in [5.41, 5.74) is 7.75. The number of hydrogen-bond acceptors (Lipinski definition) is 1. The first-order valence-corrected chi connectivity index (χ1v) is 7.64. The summed E-state index contributed by atoms with van der Waals surface area (Å²) in [7, 11) is 0. The van der Waals surface area contributed by atoms with E-state index in [1.54, 1.807) is 0 Å². The van der Waals surface area contributed by atoms with Crippen LogP contribution in [0.2, 0.25) is 0 Å². The fourth-order valence-electron chi connectivity index (χ4n) is 5.87. The van der Waals surface area contributed by atoms with Crippen molar-refractivity contribution in [3.8, 4) is 0 Å². The average molecular weight is 235 g/mol. The van der Waals surface area contributed by atoms with E-state index in [4.69, 9.17) is 5.73 Å². The van der Waals surface area contributed by atoms with Gasteiger partial charge in [-0.3, -0.25) is 0 Å². The Morgan fingerprint density at radius 1 is 1.12 bits per heavy atom. The van der Waals surface area contributed by atoms with Crippen molar-refractivity contribution in [1.82, 2.24) is 0 Å². The molecule has 1 nitrogen and oxygen atoms in total. The Balaban J connectivity index is 1.97. The third-order valence-corrected chi connectivity index (χ3v) is 6.88. The molecule has 4 bridgehead atoms. The van der Waals surface area contributed by atoms with Gasteiger partial charge in [-0.2, -0.15) is 0 Å². The quantitative estimate of drug-likeness (QED) is 0.787. The summed E-state index contributed by atoms with van der Waals surface area (Å²) < 4.78 is 0. The van der Waals surface area contributed by atoms with Crippen LogP contribution in [-0.4, -0.2) is 6.54 Å². The Labute approximate surface area is 107 Å². The summed E-state index contributed by atoms with van der Waals surface area (Å²) in [4.78, 5) is 0. The topological polar surface area (TPSA) is 26.0 Å². The molecule has 4 aliphatic carbocycles. The van der Waals surface area contributed by atoms with Crippen LogP contribution in [0.4, 0.5) is 0 Å². The largest absolute Gasteiger partial charge is 0.330 e. The summed E-state index contributed by atoms with van der Waals surface area (Å²) in [5.74, 6) is 2.06. The molecule has 0 amide bonds. The van der Waals surface area contributed by atoms with Crippen LogP contribution in [0.15, 0.2) is 0 Å². The standard InChI is InChI=1S/C16H29N/c1-4-15-6-12-5-13(7-15)9-16(8-12,10-15)14(2,3)11-17/h12-13H,4-11,17H2,1-3H3. The molecule has 0 saturated heterocycles. The minimum atomic E-state index is 0.352. The smallest absolute Gasteiger partial charge is 0.00205 e. The van der Waals surface area contributed by atoms with Crippen molar-refractivity contribution in [1.29, 1.82) is 0 Å². The molecule has 2 N–H and O–H groups in total. The summed E-state index contributed by atoms with van der Waals surface area (Å²) in [6.45, 7) is 8.16. The van der Waals surface area contributed by atoms with E-state index < -0.39 is 0 Å². The van der Waals surface area contributed by atoms with Gasteiger partial charge in [0.25, 0.3) is 0 Å². The van der Waals surface area contributed by atoms with Crippen molar-refractivity contribution in [3.63, 3.8) is 0 Å². The maximum absolute atomic E-state index is 6.11. The van der Waals surface area contributed by atoms with Gasteiger partial charge in [0, 0.05) is 0 Å². The third-order valence-electron chi connectivity index (χ3n) is 6.88. The normalized spacial score (nSPS) is 48.7. The van der Waals surface area contributed by atoms with E-state index in [0.29, 0.717) is 16.2 Å². The highest BCUT2D eigenvalue weighted by atomic mass is 14.7. The molecule has 0 aromatic carbocycles. The summed E-state index contributed by atoms with van der Waals surface area (Å²) in [6.07, 6.45) is 10.4. The van der Waals surface area contributed by atoms with Crippen molar-refractivity contribution < 1.29 is 0 Å². The molecular formula is C16H29N. The lowest BCUT2D eigenvalue weighted by Gasteiger charge is -2.66. The SMILES string of the molecule is CCC12CC3CC(C1)CC(C(C)(C)CN)(C3)C2. The lowest BCUT2D eigenvalue weighted by molar-refractivity contribution is -0.160.